The monoisotopic (exact) mass is 285 g/mol. The van der Waals surface area contributed by atoms with Gasteiger partial charge in [-0.3, -0.25) is 0 Å². The molecule has 0 radical (unpaired) electrons. The molecule has 2 rings (SSSR count). The van der Waals surface area contributed by atoms with Crippen LogP contribution in [0.25, 0.3) is 0 Å². The molecule has 1 fully saturated rings. The van der Waals surface area contributed by atoms with Crippen molar-refractivity contribution >= 4 is 11.8 Å². The van der Waals surface area contributed by atoms with E-state index in [-0.39, 0.29) is 6.04 Å². The predicted molar refractivity (Wildman–Crippen MR) is 77.5 cm³/mol. The third-order valence-electron chi connectivity index (χ3n) is 3.59. The zero-order chi connectivity index (χ0) is 13.7. The minimum atomic E-state index is -0.514. The molecule has 0 bridgehead atoms. The second-order valence-electron chi connectivity index (χ2n) is 5.02. The van der Waals surface area contributed by atoms with Crippen molar-refractivity contribution in [3.05, 3.63) is 35.4 Å². The van der Waals surface area contributed by atoms with Crippen molar-refractivity contribution in [2.75, 3.05) is 12.3 Å². The molecule has 1 N–H and O–H groups in total. The second-order valence-corrected chi connectivity index (χ2v) is 6.35. The maximum atomic E-state index is 13.8. The average Bonchev–Trinajstić information content (AvgIpc) is 2.88. The molecule has 1 aliphatic rings. The lowest BCUT2D eigenvalue weighted by atomic mass is 10.1. The van der Waals surface area contributed by atoms with Crippen molar-refractivity contribution < 1.29 is 8.78 Å². The standard InChI is InChI=1S/C15H21F2NS/c1-2-18-15(10-19-12-5-3-4-6-12)13-8-7-11(16)9-14(13)17/h7-9,12,15,18H,2-6,10H2,1H3. The molecule has 0 spiro atoms. The Bertz CT molecular complexity index is 405. The first kappa shape index (κ1) is 14.8. The third kappa shape index (κ3) is 4.18. The molecule has 1 aliphatic carbocycles. The summed E-state index contributed by atoms with van der Waals surface area (Å²) >= 11 is 1.92. The Balaban J connectivity index is 2.01. The summed E-state index contributed by atoms with van der Waals surface area (Å²) in [5.74, 6) is -0.112. The lowest BCUT2D eigenvalue weighted by Gasteiger charge is -2.20. The number of thioether (sulfide) groups is 1. The SMILES string of the molecule is CCNC(CSC1CCCC1)c1ccc(F)cc1F. The molecule has 19 heavy (non-hydrogen) atoms. The highest BCUT2D eigenvalue weighted by Gasteiger charge is 2.20. The van der Waals surface area contributed by atoms with E-state index in [9.17, 15) is 8.78 Å². The minimum absolute atomic E-state index is 0.0313. The van der Waals surface area contributed by atoms with E-state index < -0.39 is 11.6 Å². The Hall–Kier alpha value is -0.610. The summed E-state index contributed by atoms with van der Waals surface area (Å²) in [7, 11) is 0. The van der Waals surface area contributed by atoms with Gasteiger partial charge >= 0.3 is 0 Å². The molecule has 0 aromatic heterocycles. The van der Waals surface area contributed by atoms with Crippen molar-refractivity contribution in [3.63, 3.8) is 0 Å². The fraction of sp³-hybridized carbons (Fsp3) is 0.600. The van der Waals surface area contributed by atoms with Crippen molar-refractivity contribution in [2.45, 2.75) is 43.9 Å². The minimum Gasteiger partial charge on any atom is -0.309 e. The second kappa shape index (κ2) is 7.25. The molecule has 1 nitrogen and oxygen atoms in total. The van der Waals surface area contributed by atoms with Gasteiger partial charge in [-0.2, -0.15) is 11.8 Å². The summed E-state index contributed by atoms with van der Waals surface area (Å²) < 4.78 is 26.8. The zero-order valence-electron chi connectivity index (χ0n) is 11.3. The van der Waals surface area contributed by atoms with Crippen LogP contribution in [0.3, 0.4) is 0 Å². The smallest absolute Gasteiger partial charge is 0.130 e. The molecular weight excluding hydrogens is 264 g/mol. The van der Waals surface area contributed by atoms with Gasteiger partial charge in [0.05, 0.1) is 0 Å². The van der Waals surface area contributed by atoms with Crippen LogP contribution in [0.2, 0.25) is 0 Å². The quantitative estimate of drug-likeness (QED) is 0.836. The van der Waals surface area contributed by atoms with E-state index in [4.69, 9.17) is 0 Å². The molecule has 0 aliphatic heterocycles. The van der Waals surface area contributed by atoms with Crippen molar-refractivity contribution in [1.29, 1.82) is 0 Å². The van der Waals surface area contributed by atoms with Gasteiger partial charge < -0.3 is 5.32 Å². The zero-order valence-corrected chi connectivity index (χ0v) is 12.1. The first-order valence-electron chi connectivity index (χ1n) is 7.00. The topological polar surface area (TPSA) is 12.0 Å². The first-order valence-corrected chi connectivity index (χ1v) is 8.05. The molecule has 0 amide bonds. The van der Waals surface area contributed by atoms with E-state index in [1.807, 2.05) is 18.7 Å². The van der Waals surface area contributed by atoms with Crippen LogP contribution in [0.1, 0.15) is 44.2 Å². The van der Waals surface area contributed by atoms with Crippen molar-refractivity contribution in [2.24, 2.45) is 0 Å². The fourth-order valence-electron chi connectivity index (χ4n) is 2.58. The van der Waals surface area contributed by atoms with E-state index in [2.05, 4.69) is 5.32 Å². The summed E-state index contributed by atoms with van der Waals surface area (Å²) in [4.78, 5) is 0. The summed E-state index contributed by atoms with van der Waals surface area (Å²) in [5.41, 5.74) is 0.578. The van der Waals surface area contributed by atoms with Crippen LogP contribution >= 0.6 is 11.8 Å². The maximum absolute atomic E-state index is 13.8. The van der Waals surface area contributed by atoms with Crippen LogP contribution in [0, 0.1) is 11.6 Å². The maximum Gasteiger partial charge on any atom is 0.130 e. The predicted octanol–water partition coefficient (Wildman–Crippen LogP) is 4.29. The van der Waals surface area contributed by atoms with Gasteiger partial charge in [-0.25, -0.2) is 8.78 Å². The summed E-state index contributed by atoms with van der Waals surface area (Å²) in [6, 6.07) is 3.84. The Kier molecular flexibility index (Phi) is 5.64. The van der Waals surface area contributed by atoms with Gasteiger partial charge in [-0.05, 0) is 25.5 Å². The lowest BCUT2D eigenvalue weighted by molar-refractivity contribution is 0.531. The highest BCUT2D eigenvalue weighted by molar-refractivity contribution is 7.99. The van der Waals surface area contributed by atoms with Crippen LogP contribution in [0.4, 0.5) is 8.78 Å². The molecular formula is C15H21F2NS. The first-order chi connectivity index (χ1) is 9.20. The highest BCUT2D eigenvalue weighted by atomic mass is 32.2. The summed E-state index contributed by atoms with van der Waals surface area (Å²) in [6.45, 7) is 2.79. The lowest BCUT2D eigenvalue weighted by Crippen LogP contribution is -2.24. The van der Waals surface area contributed by atoms with Crippen LogP contribution in [-0.4, -0.2) is 17.5 Å². The van der Waals surface area contributed by atoms with Gasteiger partial charge in [-0.15, -0.1) is 0 Å². The Morgan fingerprint density at radius 3 is 2.68 bits per heavy atom. The number of hydrogen-bond acceptors (Lipinski definition) is 2. The number of halogens is 2. The van der Waals surface area contributed by atoms with E-state index in [1.54, 1.807) is 6.07 Å². The molecule has 1 atom stereocenters. The number of nitrogens with one attached hydrogen (secondary N) is 1. The third-order valence-corrected chi connectivity index (χ3v) is 5.06. The Morgan fingerprint density at radius 2 is 2.05 bits per heavy atom. The van der Waals surface area contributed by atoms with E-state index in [1.165, 1.54) is 31.7 Å². The molecule has 1 aromatic carbocycles. The summed E-state index contributed by atoms with van der Waals surface area (Å²) in [6.07, 6.45) is 5.17. The van der Waals surface area contributed by atoms with Crippen LogP contribution in [0.5, 0.6) is 0 Å². The van der Waals surface area contributed by atoms with Gasteiger partial charge in [0.2, 0.25) is 0 Å². The van der Waals surface area contributed by atoms with E-state index >= 15 is 0 Å². The van der Waals surface area contributed by atoms with Gasteiger partial charge in [0.25, 0.3) is 0 Å². The van der Waals surface area contributed by atoms with Gasteiger partial charge in [0.1, 0.15) is 11.6 Å². The van der Waals surface area contributed by atoms with Gasteiger partial charge in [0.15, 0.2) is 0 Å². The molecule has 106 valence electrons. The van der Waals surface area contributed by atoms with Crippen LogP contribution < -0.4 is 5.32 Å². The Morgan fingerprint density at radius 1 is 1.32 bits per heavy atom. The highest BCUT2D eigenvalue weighted by Crippen LogP contribution is 2.32. The molecule has 0 saturated heterocycles. The normalized spacial score (nSPS) is 17.8. The number of benzene rings is 1. The number of hydrogen-bond donors (Lipinski definition) is 1. The van der Waals surface area contributed by atoms with Gasteiger partial charge in [-0.1, -0.05) is 25.8 Å². The van der Waals surface area contributed by atoms with Gasteiger partial charge in [0, 0.05) is 28.7 Å². The average molecular weight is 285 g/mol. The van der Waals surface area contributed by atoms with Crippen molar-refractivity contribution in [3.8, 4) is 0 Å². The Labute approximate surface area is 118 Å². The molecule has 1 saturated carbocycles. The van der Waals surface area contributed by atoms with Crippen LogP contribution in [0.15, 0.2) is 18.2 Å². The molecule has 0 heterocycles. The van der Waals surface area contributed by atoms with E-state index in [0.29, 0.717) is 10.8 Å². The molecule has 4 heteroatoms. The summed E-state index contributed by atoms with van der Waals surface area (Å²) in [5, 5.41) is 4.01. The largest absolute Gasteiger partial charge is 0.309 e. The number of rotatable bonds is 6. The van der Waals surface area contributed by atoms with Crippen molar-refractivity contribution in [1.82, 2.24) is 5.32 Å². The molecule has 1 aromatic rings. The fourth-order valence-corrected chi connectivity index (χ4v) is 4.01. The van der Waals surface area contributed by atoms with E-state index in [0.717, 1.165) is 18.4 Å². The van der Waals surface area contributed by atoms with Crippen LogP contribution in [-0.2, 0) is 0 Å². The molecule has 1 unspecified atom stereocenters.